The molecule has 0 aliphatic rings. The second-order valence-corrected chi connectivity index (χ2v) is 8.35. The second-order valence-electron chi connectivity index (χ2n) is 7.43. The Hall–Kier alpha value is -3.00. The zero-order valence-corrected chi connectivity index (χ0v) is 17.5. The highest BCUT2D eigenvalue weighted by molar-refractivity contribution is 7.17. The summed E-state index contributed by atoms with van der Waals surface area (Å²) < 4.78 is 4.11. The highest BCUT2D eigenvalue weighted by Gasteiger charge is 2.15. The van der Waals surface area contributed by atoms with Gasteiger partial charge in [0.15, 0.2) is 0 Å². The van der Waals surface area contributed by atoms with E-state index in [0.717, 1.165) is 17.0 Å². The summed E-state index contributed by atoms with van der Waals surface area (Å²) in [6.07, 6.45) is 1.63. The van der Waals surface area contributed by atoms with Gasteiger partial charge in [-0.15, -0.1) is 21.5 Å². The molecule has 7 nitrogen and oxygen atoms in total. The summed E-state index contributed by atoms with van der Waals surface area (Å²) in [6, 6.07) is 9.87. The smallest absolute Gasteiger partial charge is 0.272 e. The van der Waals surface area contributed by atoms with Crippen LogP contribution in [0, 0.1) is 0 Å². The van der Waals surface area contributed by atoms with Crippen LogP contribution in [0.2, 0.25) is 0 Å². The topological polar surface area (TPSA) is 81.3 Å². The summed E-state index contributed by atoms with van der Waals surface area (Å²) in [6.45, 7) is 4.28. The molecule has 0 unspecified atom stereocenters. The predicted molar refractivity (Wildman–Crippen MR) is 116 cm³/mol. The maximum atomic E-state index is 12.4. The number of hydrogen-bond acceptors (Lipinski definition) is 5. The molecule has 3 heterocycles. The van der Waals surface area contributed by atoms with Crippen LogP contribution in [0.1, 0.15) is 44.0 Å². The number of nitrogens with zero attached hydrogens (tertiary/aromatic N) is 4. The van der Waals surface area contributed by atoms with E-state index in [1.807, 2.05) is 40.1 Å². The number of nitrogens with one attached hydrogen (secondary N) is 1. The minimum absolute atomic E-state index is 0.0239. The number of anilines is 1. The molecule has 0 radical (unpaired) electrons. The van der Waals surface area contributed by atoms with Crippen molar-refractivity contribution in [1.82, 2.24) is 19.2 Å². The standard InChI is InChI=1S/C21H23N5O2S/c1-13(2)14-7-9-15(10-8-14)22-18(27)6-4-5-17-23-24-21-25(3)20(28)19-16(26(17)21)11-12-29-19/h7-13H,4-6H2,1-3H3,(H,22,27). The summed E-state index contributed by atoms with van der Waals surface area (Å²) >= 11 is 1.41. The van der Waals surface area contributed by atoms with Crippen molar-refractivity contribution in [2.45, 2.75) is 39.0 Å². The number of aromatic nitrogens is 4. The van der Waals surface area contributed by atoms with Gasteiger partial charge in [0.05, 0.1) is 5.52 Å². The molecule has 4 rings (SSSR count). The van der Waals surface area contributed by atoms with Gasteiger partial charge in [-0.25, -0.2) is 0 Å². The highest BCUT2D eigenvalue weighted by Crippen LogP contribution is 2.20. The third-order valence-corrected chi connectivity index (χ3v) is 5.95. The van der Waals surface area contributed by atoms with E-state index in [4.69, 9.17) is 0 Å². The minimum Gasteiger partial charge on any atom is -0.326 e. The van der Waals surface area contributed by atoms with Crippen LogP contribution in [0.25, 0.3) is 16.0 Å². The number of aryl methyl sites for hydroxylation is 2. The van der Waals surface area contributed by atoms with Crippen molar-refractivity contribution in [1.29, 1.82) is 0 Å². The molecule has 0 atom stereocenters. The summed E-state index contributed by atoms with van der Waals surface area (Å²) in [5.74, 6) is 1.72. The van der Waals surface area contributed by atoms with E-state index >= 15 is 0 Å². The van der Waals surface area contributed by atoms with Gasteiger partial charge in [-0.05, 0) is 41.5 Å². The van der Waals surface area contributed by atoms with E-state index in [0.29, 0.717) is 35.7 Å². The van der Waals surface area contributed by atoms with Crippen LogP contribution >= 0.6 is 11.3 Å². The van der Waals surface area contributed by atoms with Crippen molar-refractivity contribution < 1.29 is 4.79 Å². The molecule has 1 N–H and O–H groups in total. The predicted octanol–water partition coefficient (Wildman–Crippen LogP) is 3.73. The lowest BCUT2D eigenvalue weighted by molar-refractivity contribution is -0.116. The molecule has 8 heteroatoms. The normalized spacial score (nSPS) is 11.6. The van der Waals surface area contributed by atoms with E-state index in [2.05, 4.69) is 29.4 Å². The van der Waals surface area contributed by atoms with Crippen LogP contribution in [0.5, 0.6) is 0 Å². The van der Waals surface area contributed by atoms with E-state index < -0.39 is 0 Å². The minimum atomic E-state index is -0.0655. The summed E-state index contributed by atoms with van der Waals surface area (Å²) in [7, 11) is 1.70. The number of amides is 1. The highest BCUT2D eigenvalue weighted by atomic mass is 32.1. The van der Waals surface area contributed by atoms with Gasteiger partial charge in [0.25, 0.3) is 5.56 Å². The molecule has 0 saturated heterocycles. The van der Waals surface area contributed by atoms with Crippen molar-refractivity contribution in [3.8, 4) is 0 Å². The zero-order chi connectivity index (χ0) is 20.5. The first-order chi connectivity index (χ1) is 14.0. The number of benzene rings is 1. The first kappa shape index (κ1) is 19.3. The third kappa shape index (κ3) is 3.67. The lowest BCUT2D eigenvalue weighted by Crippen LogP contribution is -2.19. The van der Waals surface area contributed by atoms with E-state index in [9.17, 15) is 9.59 Å². The maximum absolute atomic E-state index is 12.4. The molecule has 0 bridgehead atoms. The van der Waals surface area contributed by atoms with Gasteiger partial charge in [0, 0.05) is 25.6 Å². The van der Waals surface area contributed by atoms with Crippen molar-refractivity contribution >= 4 is 38.9 Å². The van der Waals surface area contributed by atoms with Gasteiger partial charge >= 0.3 is 0 Å². The van der Waals surface area contributed by atoms with Crippen LogP contribution in [0.4, 0.5) is 5.69 Å². The largest absolute Gasteiger partial charge is 0.326 e. The van der Waals surface area contributed by atoms with Gasteiger partial charge in [-0.3, -0.25) is 18.6 Å². The van der Waals surface area contributed by atoms with Crippen molar-refractivity contribution in [3.63, 3.8) is 0 Å². The Morgan fingerprint density at radius 2 is 1.93 bits per heavy atom. The third-order valence-electron chi connectivity index (χ3n) is 5.06. The first-order valence-electron chi connectivity index (χ1n) is 9.65. The lowest BCUT2D eigenvalue weighted by Gasteiger charge is -2.08. The van der Waals surface area contributed by atoms with Gasteiger partial charge in [0.2, 0.25) is 11.7 Å². The number of fused-ring (bicyclic) bond motifs is 3. The van der Waals surface area contributed by atoms with Gasteiger partial charge < -0.3 is 5.32 Å². The van der Waals surface area contributed by atoms with E-state index in [1.165, 1.54) is 21.5 Å². The Bertz CT molecular complexity index is 1230. The molecule has 0 fully saturated rings. The first-order valence-corrected chi connectivity index (χ1v) is 10.5. The number of thiophene rings is 1. The Balaban J connectivity index is 1.44. The number of rotatable bonds is 6. The Morgan fingerprint density at radius 3 is 2.66 bits per heavy atom. The molecular weight excluding hydrogens is 386 g/mol. The Labute approximate surface area is 172 Å². The monoisotopic (exact) mass is 409 g/mol. The van der Waals surface area contributed by atoms with Gasteiger partial charge in [-0.1, -0.05) is 26.0 Å². The summed E-state index contributed by atoms with van der Waals surface area (Å²) in [5.41, 5.74) is 2.81. The molecule has 4 aromatic rings. The van der Waals surface area contributed by atoms with Crippen LogP contribution in [-0.2, 0) is 18.3 Å². The number of carbonyl (C=O) groups excluding carboxylic acids is 1. The zero-order valence-electron chi connectivity index (χ0n) is 16.7. The van der Waals surface area contributed by atoms with Crippen molar-refractivity contribution in [2.24, 2.45) is 7.05 Å². The molecule has 150 valence electrons. The molecule has 0 aliphatic carbocycles. The quantitative estimate of drug-likeness (QED) is 0.526. The van der Waals surface area contributed by atoms with Crippen LogP contribution in [0.15, 0.2) is 40.5 Å². The Morgan fingerprint density at radius 1 is 1.17 bits per heavy atom. The van der Waals surface area contributed by atoms with Crippen molar-refractivity contribution in [3.05, 3.63) is 57.5 Å². The fourth-order valence-corrected chi connectivity index (χ4v) is 4.25. The van der Waals surface area contributed by atoms with Crippen LogP contribution in [-0.4, -0.2) is 25.1 Å². The van der Waals surface area contributed by atoms with E-state index in [-0.39, 0.29) is 11.5 Å². The Kier molecular flexibility index (Phi) is 5.19. The maximum Gasteiger partial charge on any atom is 0.272 e. The number of hydrogen-bond donors (Lipinski definition) is 1. The molecule has 1 aromatic carbocycles. The molecular formula is C21H23N5O2S. The lowest BCUT2D eigenvalue weighted by atomic mass is 10.0. The summed E-state index contributed by atoms with van der Waals surface area (Å²) in [5, 5.41) is 13.3. The average molecular weight is 410 g/mol. The SMILES string of the molecule is CC(C)c1ccc(NC(=O)CCCc2nnc3n(C)c(=O)c4sccc4n23)cc1. The fraction of sp³-hybridized carbons (Fsp3) is 0.333. The molecule has 0 spiro atoms. The van der Waals surface area contributed by atoms with Crippen molar-refractivity contribution in [2.75, 3.05) is 5.32 Å². The van der Waals surface area contributed by atoms with E-state index in [1.54, 1.807) is 7.05 Å². The van der Waals surface area contributed by atoms with Crippen LogP contribution in [0.3, 0.4) is 0 Å². The van der Waals surface area contributed by atoms with Crippen LogP contribution < -0.4 is 10.9 Å². The average Bonchev–Trinajstić information content (AvgIpc) is 3.33. The number of carbonyl (C=O) groups is 1. The van der Waals surface area contributed by atoms with Gasteiger partial charge in [-0.2, -0.15) is 0 Å². The fourth-order valence-electron chi connectivity index (χ4n) is 3.40. The molecule has 1 amide bonds. The molecule has 3 aromatic heterocycles. The molecule has 29 heavy (non-hydrogen) atoms. The molecule has 0 aliphatic heterocycles. The summed E-state index contributed by atoms with van der Waals surface area (Å²) in [4.78, 5) is 24.7. The van der Waals surface area contributed by atoms with Gasteiger partial charge in [0.1, 0.15) is 10.5 Å². The second kappa shape index (κ2) is 7.79. The molecule has 0 saturated carbocycles.